The standard InChI is InChI=1S/C14H31P/c1-6-12(4)9-10-14(15-8-3)11-13(5)7-2/h12-15H,6-11H2,1-5H3. The van der Waals surface area contributed by atoms with E-state index in [2.05, 4.69) is 34.6 Å². The summed E-state index contributed by atoms with van der Waals surface area (Å²) < 4.78 is 0. The third kappa shape index (κ3) is 8.26. The van der Waals surface area contributed by atoms with Crippen molar-refractivity contribution in [2.45, 2.75) is 72.4 Å². The predicted molar refractivity (Wildman–Crippen MR) is 75.4 cm³/mol. The van der Waals surface area contributed by atoms with Crippen LogP contribution in [0.3, 0.4) is 0 Å². The van der Waals surface area contributed by atoms with Crippen LogP contribution in [0.2, 0.25) is 0 Å². The molecule has 0 aromatic heterocycles. The quantitative estimate of drug-likeness (QED) is 0.470. The predicted octanol–water partition coefficient (Wildman–Crippen LogP) is 5.32. The number of hydrogen-bond donors (Lipinski definition) is 0. The molecule has 0 bridgehead atoms. The Balaban J connectivity index is 3.81. The molecular weight excluding hydrogens is 199 g/mol. The molecule has 0 spiro atoms. The topological polar surface area (TPSA) is 0 Å². The van der Waals surface area contributed by atoms with E-state index < -0.39 is 0 Å². The van der Waals surface area contributed by atoms with Gasteiger partial charge in [0.2, 0.25) is 0 Å². The number of rotatable bonds is 9. The molecule has 0 N–H and O–H groups in total. The Labute approximate surface area is 99.4 Å². The molecule has 0 heterocycles. The smallest absolute Gasteiger partial charge is 0.0234 e. The molecule has 0 aromatic carbocycles. The van der Waals surface area contributed by atoms with E-state index in [0.29, 0.717) is 0 Å². The summed E-state index contributed by atoms with van der Waals surface area (Å²) in [6.07, 6.45) is 8.50. The third-order valence-corrected chi connectivity index (χ3v) is 5.09. The molecule has 4 unspecified atom stereocenters. The molecule has 15 heavy (non-hydrogen) atoms. The molecule has 0 aromatic rings. The van der Waals surface area contributed by atoms with E-state index in [1.165, 1.54) is 46.8 Å². The maximum Gasteiger partial charge on any atom is -0.0234 e. The average molecular weight is 230 g/mol. The molecule has 1 heteroatoms. The molecule has 0 nitrogen and oxygen atoms in total. The van der Waals surface area contributed by atoms with Gasteiger partial charge < -0.3 is 0 Å². The van der Waals surface area contributed by atoms with E-state index >= 15 is 0 Å². The molecular formula is C14H31P. The number of hydrogen-bond acceptors (Lipinski definition) is 0. The van der Waals surface area contributed by atoms with Gasteiger partial charge in [0.25, 0.3) is 0 Å². The Morgan fingerprint density at radius 1 is 0.867 bits per heavy atom. The summed E-state index contributed by atoms with van der Waals surface area (Å²) in [5, 5.41) is 0. The van der Waals surface area contributed by atoms with Crippen LogP contribution in [0, 0.1) is 11.8 Å². The van der Waals surface area contributed by atoms with Crippen LogP contribution in [0.1, 0.15) is 66.7 Å². The molecule has 0 saturated carbocycles. The lowest BCUT2D eigenvalue weighted by atomic mass is 9.96. The van der Waals surface area contributed by atoms with Crippen LogP contribution in [0.15, 0.2) is 0 Å². The average Bonchev–Trinajstić information content (AvgIpc) is 2.25. The van der Waals surface area contributed by atoms with E-state index in [-0.39, 0.29) is 0 Å². The van der Waals surface area contributed by atoms with Gasteiger partial charge in [0.15, 0.2) is 0 Å². The molecule has 0 radical (unpaired) electrons. The molecule has 0 rings (SSSR count). The fourth-order valence-corrected chi connectivity index (χ4v) is 3.45. The Kier molecular flexibility index (Phi) is 9.92. The zero-order chi connectivity index (χ0) is 11.7. The SMILES string of the molecule is CCPC(CCC(C)CC)CC(C)CC. The van der Waals surface area contributed by atoms with Crippen molar-refractivity contribution in [3.05, 3.63) is 0 Å². The normalized spacial score (nSPS) is 18.2. The van der Waals surface area contributed by atoms with Crippen molar-refractivity contribution in [2.24, 2.45) is 11.8 Å². The van der Waals surface area contributed by atoms with Crippen LogP contribution in [0.5, 0.6) is 0 Å². The maximum absolute atomic E-state index is 2.41. The first kappa shape index (κ1) is 15.4. The highest BCUT2D eigenvalue weighted by molar-refractivity contribution is 7.38. The van der Waals surface area contributed by atoms with E-state index in [1.54, 1.807) is 0 Å². The first-order valence-electron chi connectivity index (χ1n) is 6.87. The van der Waals surface area contributed by atoms with Gasteiger partial charge in [0.1, 0.15) is 0 Å². The molecule has 0 saturated heterocycles. The van der Waals surface area contributed by atoms with Gasteiger partial charge in [-0.25, -0.2) is 0 Å². The minimum atomic E-state index is 0.936. The van der Waals surface area contributed by atoms with Gasteiger partial charge in [-0.05, 0) is 36.5 Å². The van der Waals surface area contributed by atoms with Gasteiger partial charge in [-0.1, -0.05) is 53.9 Å². The molecule has 92 valence electrons. The Hall–Kier alpha value is 0.430. The van der Waals surface area contributed by atoms with Crippen LogP contribution in [-0.4, -0.2) is 11.8 Å². The lowest BCUT2D eigenvalue weighted by Crippen LogP contribution is -2.09. The van der Waals surface area contributed by atoms with Crippen molar-refractivity contribution in [3.8, 4) is 0 Å². The Morgan fingerprint density at radius 2 is 1.47 bits per heavy atom. The summed E-state index contributed by atoms with van der Waals surface area (Å²) in [6, 6.07) is 0. The van der Waals surface area contributed by atoms with Crippen LogP contribution >= 0.6 is 8.58 Å². The summed E-state index contributed by atoms with van der Waals surface area (Å²) in [5.74, 6) is 1.87. The van der Waals surface area contributed by atoms with E-state index in [9.17, 15) is 0 Å². The van der Waals surface area contributed by atoms with Crippen LogP contribution < -0.4 is 0 Å². The lowest BCUT2D eigenvalue weighted by Gasteiger charge is -2.21. The van der Waals surface area contributed by atoms with Gasteiger partial charge >= 0.3 is 0 Å². The fraction of sp³-hybridized carbons (Fsp3) is 1.00. The molecule has 0 aliphatic carbocycles. The van der Waals surface area contributed by atoms with Crippen LogP contribution in [0.25, 0.3) is 0 Å². The van der Waals surface area contributed by atoms with Crippen molar-refractivity contribution in [1.82, 2.24) is 0 Å². The maximum atomic E-state index is 2.41. The van der Waals surface area contributed by atoms with E-state index in [0.717, 1.165) is 17.5 Å². The van der Waals surface area contributed by atoms with Gasteiger partial charge in [0.05, 0.1) is 0 Å². The van der Waals surface area contributed by atoms with E-state index in [1.807, 2.05) is 0 Å². The minimum Gasteiger partial charge on any atom is -0.119 e. The highest BCUT2D eigenvalue weighted by atomic mass is 31.1. The van der Waals surface area contributed by atoms with Gasteiger partial charge in [0, 0.05) is 0 Å². The van der Waals surface area contributed by atoms with Crippen molar-refractivity contribution < 1.29 is 0 Å². The van der Waals surface area contributed by atoms with Crippen LogP contribution in [-0.2, 0) is 0 Å². The van der Waals surface area contributed by atoms with Crippen molar-refractivity contribution in [3.63, 3.8) is 0 Å². The van der Waals surface area contributed by atoms with Crippen LogP contribution in [0.4, 0.5) is 0 Å². The molecule has 0 fully saturated rings. The fourth-order valence-electron chi connectivity index (χ4n) is 1.93. The molecule has 4 atom stereocenters. The van der Waals surface area contributed by atoms with Crippen molar-refractivity contribution >= 4 is 8.58 Å². The van der Waals surface area contributed by atoms with Crippen molar-refractivity contribution in [1.29, 1.82) is 0 Å². The Bertz CT molecular complexity index is 133. The largest absolute Gasteiger partial charge is 0.119 e. The van der Waals surface area contributed by atoms with Gasteiger partial charge in [-0.2, -0.15) is 0 Å². The monoisotopic (exact) mass is 230 g/mol. The second-order valence-electron chi connectivity index (χ2n) is 5.09. The zero-order valence-corrected chi connectivity index (χ0v) is 12.5. The Morgan fingerprint density at radius 3 is 1.93 bits per heavy atom. The summed E-state index contributed by atoms with van der Waals surface area (Å²) >= 11 is 0. The van der Waals surface area contributed by atoms with E-state index in [4.69, 9.17) is 0 Å². The summed E-state index contributed by atoms with van der Waals surface area (Å²) in [6.45, 7) is 11.8. The molecule has 0 aliphatic heterocycles. The second kappa shape index (κ2) is 9.64. The third-order valence-electron chi connectivity index (χ3n) is 3.58. The van der Waals surface area contributed by atoms with Crippen molar-refractivity contribution in [2.75, 3.05) is 6.16 Å². The summed E-state index contributed by atoms with van der Waals surface area (Å²) in [7, 11) is 1.20. The second-order valence-corrected chi connectivity index (χ2v) is 7.03. The first-order valence-corrected chi connectivity index (χ1v) is 8.15. The molecule has 0 amide bonds. The minimum absolute atomic E-state index is 0.936. The lowest BCUT2D eigenvalue weighted by molar-refractivity contribution is 0.442. The van der Waals surface area contributed by atoms with Gasteiger partial charge in [-0.15, -0.1) is 8.58 Å². The molecule has 0 aliphatic rings. The highest BCUT2D eigenvalue weighted by Gasteiger charge is 2.12. The zero-order valence-electron chi connectivity index (χ0n) is 11.5. The highest BCUT2D eigenvalue weighted by Crippen LogP contribution is 2.31. The summed E-state index contributed by atoms with van der Waals surface area (Å²) in [5.41, 5.74) is 1.03. The summed E-state index contributed by atoms with van der Waals surface area (Å²) in [4.78, 5) is 0. The first-order chi connectivity index (χ1) is 7.13. The van der Waals surface area contributed by atoms with Gasteiger partial charge in [-0.3, -0.25) is 0 Å².